The highest BCUT2D eigenvalue weighted by molar-refractivity contribution is 5.96. The zero-order valence-electron chi connectivity index (χ0n) is 13.1. The lowest BCUT2D eigenvalue weighted by Gasteiger charge is -2.32. The summed E-state index contributed by atoms with van der Waals surface area (Å²) in [5.41, 5.74) is 3.01. The smallest absolute Gasteiger partial charge is 0.163 e. The molecule has 2 aromatic carbocycles. The number of rotatable bonds is 5. The predicted molar refractivity (Wildman–Crippen MR) is 96.3 cm³/mol. The average Bonchev–Trinajstić information content (AvgIpc) is 2.55. The number of fused-ring (bicyclic) bond motifs is 1. The summed E-state index contributed by atoms with van der Waals surface area (Å²) in [7, 11) is 0. The lowest BCUT2D eigenvalue weighted by atomic mass is 10.1. The van der Waals surface area contributed by atoms with Crippen LogP contribution in [0, 0.1) is 0 Å². The number of carbonyl (C=O) groups excluding carboxylic acids is 1. The fourth-order valence-corrected chi connectivity index (χ4v) is 2.73. The Hall–Kier alpha value is -2.20. The molecule has 1 aliphatic heterocycles. The van der Waals surface area contributed by atoms with Gasteiger partial charge in [0.05, 0.1) is 23.5 Å². The van der Waals surface area contributed by atoms with Crippen LogP contribution in [-0.2, 0) is 0 Å². The minimum atomic E-state index is 0. The number of anilines is 2. The Bertz CT molecular complexity index is 676. The monoisotopic (exact) mass is 332 g/mol. The Morgan fingerprint density at radius 3 is 2.74 bits per heavy atom. The highest BCUT2D eigenvalue weighted by Gasteiger charge is 2.15. The highest BCUT2D eigenvalue weighted by atomic mass is 35.5. The molecule has 0 fully saturated rings. The molecule has 0 aliphatic carbocycles. The lowest BCUT2D eigenvalue weighted by molar-refractivity contribution is 0.101. The molecule has 1 aliphatic rings. The van der Waals surface area contributed by atoms with E-state index in [9.17, 15) is 4.79 Å². The van der Waals surface area contributed by atoms with Gasteiger partial charge in [-0.1, -0.05) is 24.3 Å². The van der Waals surface area contributed by atoms with Crippen LogP contribution in [0.15, 0.2) is 48.5 Å². The maximum Gasteiger partial charge on any atom is 0.163 e. The van der Waals surface area contributed by atoms with E-state index in [4.69, 9.17) is 4.74 Å². The van der Waals surface area contributed by atoms with Crippen molar-refractivity contribution in [2.24, 2.45) is 0 Å². The average molecular weight is 333 g/mol. The maximum absolute atomic E-state index is 11.6. The maximum atomic E-state index is 11.6. The Balaban J connectivity index is 0.00000192. The summed E-state index contributed by atoms with van der Waals surface area (Å²) in [4.78, 5) is 13.9. The van der Waals surface area contributed by atoms with Crippen molar-refractivity contribution < 1.29 is 9.53 Å². The van der Waals surface area contributed by atoms with Crippen molar-refractivity contribution in [2.75, 3.05) is 36.5 Å². The van der Waals surface area contributed by atoms with E-state index in [1.165, 1.54) is 5.69 Å². The molecule has 0 saturated heterocycles. The Kier molecular flexibility index (Phi) is 5.88. The molecule has 122 valence electrons. The topological polar surface area (TPSA) is 41.6 Å². The van der Waals surface area contributed by atoms with Crippen LogP contribution < -0.4 is 15.0 Å². The standard InChI is InChI=1S/C18H20N2O2.ClH/c1-14(21)15-6-2-5-9-18(15)22-13-12-20-11-10-19-16-7-3-4-8-17(16)20;/h2-9,19H,10-13H2,1H3;1H. The van der Waals surface area contributed by atoms with Crippen LogP contribution in [-0.4, -0.2) is 32.0 Å². The first-order valence-electron chi connectivity index (χ1n) is 7.56. The lowest BCUT2D eigenvalue weighted by Crippen LogP contribution is -2.36. The van der Waals surface area contributed by atoms with Crippen molar-refractivity contribution >= 4 is 29.6 Å². The molecule has 0 radical (unpaired) electrons. The van der Waals surface area contributed by atoms with Gasteiger partial charge in [-0.05, 0) is 31.2 Å². The van der Waals surface area contributed by atoms with E-state index in [0.717, 1.165) is 25.3 Å². The van der Waals surface area contributed by atoms with Gasteiger partial charge in [-0.2, -0.15) is 0 Å². The van der Waals surface area contributed by atoms with Crippen molar-refractivity contribution in [2.45, 2.75) is 6.92 Å². The minimum absolute atomic E-state index is 0. The van der Waals surface area contributed by atoms with Gasteiger partial charge in [0.2, 0.25) is 0 Å². The van der Waals surface area contributed by atoms with E-state index < -0.39 is 0 Å². The summed E-state index contributed by atoms with van der Waals surface area (Å²) < 4.78 is 5.83. The number of ether oxygens (including phenoxy) is 1. The molecule has 4 nitrogen and oxygen atoms in total. The van der Waals surface area contributed by atoms with Crippen LogP contribution in [0.4, 0.5) is 11.4 Å². The molecule has 0 amide bonds. The number of halogens is 1. The molecule has 0 aromatic heterocycles. The largest absolute Gasteiger partial charge is 0.491 e. The SMILES string of the molecule is CC(=O)c1ccccc1OCCN1CCNc2ccccc21.Cl. The Morgan fingerprint density at radius 2 is 1.91 bits per heavy atom. The second-order valence-corrected chi connectivity index (χ2v) is 5.33. The molecule has 1 heterocycles. The van der Waals surface area contributed by atoms with Crippen LogP contribution in [0.2, 0.25) is 0 Å². The first kappa shape index (κ1) is 17.2. The van der Waals surface area contributed by atoms with E-state index in [0.29, 0.717) is 17.9 Å². The van der Waals surface area contributed by atoms with E-state index in [1.54, 1.807) is 13.0 Å². The van der Waals surface area contributed by atoms with Gasteiger partial charge in [0.25, 0.3) is 0 Å². The van der Waals surface area contributed by atoms with Gasteiger partial charge in [-0.25, -0.2) is 0 Å². The number of nitrogens with zero attached hydrogens (tertiary/aromatic N) is 1. The normalized spacial score (nSPS) is 12.7. The molecule has 0 unspecified atom stereocenters. The summed E-state index contributed by atoms with van der Waals surface area (Å²) in [5.74, 6) is 0.696. The third-order valence-electron chi connectivity index (χ3n) is 3.83. The molecule has 1 N–H and O–H groups in total. The number of nitrogens with one attached hydrogen (secondary N) is 1. The van der Waals surface area contributed by atoms with Crippen molar-refractivity contribution in [1.82, 2.24) is 0 Å². The van der Waals surface area contributed by atoms with Crippen molar-refractivity contribution in [3.63, 3.8) is 0 Å². The second kappa shape index (κ2) is 7.88. The number of para-hydroxylation sites is 3. The van der Waals surface area contributed by atoms with Gasteiger partial charge >= 0.3 is 0 Å². The number of benzene rings is 2. The summed E-state index contributed by atoms with van der Waals surface area (Å²) >= 11 is 0. The summed E-state index contributed by atoms with van der Waals surface area (Å²) in [6.45, 7) is 4.80. The number of Topliss-reactive ketones (excluding diaryl/α,β-unsaturated/α-hetero) is 1. The molecule has 3 rings (SSSR count). The number of hydrogen-bond donors (Lipinski definition) is 1. The van der Waals surface area contributed by atoms with Crippen LogP contribution in [0.1, 0.15) is 17.3 Å². The number of hydrogen-bond acceptors (Lipinski definition) is 4. The molecule has 2 aromatic rings. The molecule has 0 spiro atoms. The van der Waals surface area contributed by atoms with Crippen LogP contribution in [0.25, 0.3) is 0 Å². The van der Waals surface area contributed by atoms with E-state index in [-0.39, 0.29) is 18.2 Å². The van der Waals surface area contributed by atoms with Crippen LogP contribution in [0.5, 0.6) is 5.75 Å². The van der Waals surface area contributed by atoms with E-state index in [2.05, 4.69) is 22.3 Å². The van der Waals surface area contributed by atoms with Crippen molar-refractivity contribution in [3.05, 3.63) is 54.1 Å². The molecule has 0 atom stereocenters. The molecule has 5 heteroatoms. The fraction of sp³-hybridized carbons (Fsp3) is 0.278. The van der Waals surface area contributed by atoms with Crippen LogP contribution in [0.3, 0.4) is 0 Å². The highest BCUT2D eigenvalue weighted by Crippen LogP contribution is 2.28. The zero-order chi connectivity index (χ0) is 15.4. The van der Waals surface area contributed by atoms with Gasteiger partial charge < -0.3 is 15.0 Å². The van der Waals surface area contributed by atoms with Gasteiger partial charge in [-0.3, -0.25) is 4.79 Å². The zero-order valence-corrected chi connectivity index (χ0v) is 13.9. The summed E-state index contributed by atoms with van der Waals surface area (Å²) in [5, 5.41) is 3.40. The Morgan fingerprint density at radius 1 is 1.17 bits per heavy atom. The van der Waals surface area contributed by atoms with Crippen molar-refractivity contribution in [3.8, 4) is 5.75 Å². The third kappa shape index (κ3) is 3.96. The fourth-order valence-electron chi connectivity index (χ4n) is 2.73. The van der Waals surface area contributed by atoms with Gasteiger partial charge in [0.15, 0.2) is 5.78 Å². The van der Waals surface area contributed by atoms with Gasteiger partial charge in [0.1, 0.15) is 12.4 Å². The second-order valence-electron chi connectivity index (χ2n) is 5.33. The number of ketones is 1. The first-order chi connectivity index (χ1) is 10.8. The minimum Gasteiger partial charge on any atom is -0.491 e. The summed E-state index contributed by atoms with van der Waals surface area (Å²) in [6.07, 6.45) is 0. The first-order valence-corrected chi connectivity index (χ1v) is 7.56. The van der Waals surface area contributed by atoms with E-state index in [1.807, 2.05) is 30.3 Å². The van der Waals surface area contributed by atoms with Gasteiger partial charge in [-0.15, -0.1) is 12.4 Å². The van der Waals surface area contributed by atoms with Gasteiger partial charge in [0, 0.05) is 13.1 Å². The Labute approximate surface area is 142 Å². The molecule has 0 saturated carbocycles. The molecular weight excluding hydrogens is 312 g/mol. The third-order valence-corrected chi connectivity index (χ3v) is 3.83. The summed E-state index contributed by atoms with van der Waals surface area (Å²) in [6, 6.07) is 15.7. The molecule has 0 bridgehead atoms. The van der Waals surface area contributed by atoms with E-state index >= 15 is 0 Å². The number of carbonyl (C=O) groups is 1. The molecular formula is C18H21ClN2O2. The quantitative estimate of drug-likeness (QED) is 0.849. The van der Waals surface area contributed by atoms with Crippen molar-refractivity contribution in [1.29, 1.82) is 0 Å². The molecule has 23 heavy (non-hydrogen) atoms. The van der Waals surface area contributed by atoms with Crippen LogP contribution >= 0.6 is 12.4 Å². The predicted octanol–water partition coefficient (Wildman–Crippen LogP) is 3.62.